The lowest BCUT2D eigenvalue weighted by molar-refractivity contribution is -0.139. The number of nitrogens with one attached hydrogen (secondary N) is 1. The first-order valence-corrected chi connectivity index (χ1v) is 6.35. The van der Waals surface area contributed by atoms with Crippen molar-refractivity contribution in [2.45, 2.75) is 32.2 Å². The van der Waals surface area contributed by atoms with Crippen molar-refractivity contribution in [1.29, 1.82) is 0 Å². The van der Waals surface area contributed by atoms with Crippen LogP contribution in [0.15, 0.2) is 18.2 Å². The standard InChI is InChI=1S/C13H16ClNO4/c1-2-3-4-10(13(18)19)15-12(17)9-7-8(14)5-6-11(9)16/h5-7,10,16H,2-4H2,1H3,(H,15,17)(H,18,19)/t10-/m0/s1. The minimum Gasteiger partial charge on any atom is -0.507 e. The van der Waals surface area contributed by atoms with Crippen LogP contribution in [0.5, 0.6) is 5.75 Å². The highest BCUT2D eigenvalue weighted by Crippen LogP contribution is 2.21. The van der Waals surface area contributed by atoms with Crippen LogP contribution in [-0.4, -0.2) is 28.1 Å². The molecule has 0 radical (unpaired) electrons. The number of aromatic hydroxyl groups is 1. The summed E-state index contributed by atoms with van der Waals surface area (Å²) in [6.07, 6.45) is 1.87. The van der Waals surface area contributed by atoms with E-state index >= 15 is 0 Å². The summed E-state index contributed by atoms with van der Waals surface area (Å²) in [5, 5.41) is 21.3. The number of rotatable bonds is 6. The minimum atomic E-state index is -1.09. The first-order chi connectivity index (χ1) is 8.95. The van der Waals surface area contributed by atoms with Crippen molar-refractivity contribution < 1.29 is 19.8 Å². The van der Waals surface area contributed by atoms with Crippen LogP contribution in [-0.2, 0) is 4.79 Å². The number of hydrogen-bond donors (Lipinski definition) is 3. The zero-order chi connectivity index (χ0) is 14.4. The van der Waals surface area contributed by atoms with E-state index in [0.717, 1.165) is 6.42 Å². The number of carbonyl (C=O) groups is 2. The summed E-state index contributed by atoms with van der Waals surface area (Å²) in [7, 11) is 0. The number of carbonyl (C=O) groups excluding carboxylic acids is 1. The molecule has 0 aliphatic carbocycles. The van der Waals surface area contributed by atoms with Crippen molar-refractivity contribution in [3.8, 4) is 5.75 Å². The van der Waals surface area contributed by atoms with Gasteiger partial charge in [0.1, 0.15) is 11.8 Å². The number of carboxylic acids is 1. The molecule has 1 amide bonds. The van der Waals surface area contributed by atoms with Gasteiger partial charge in [0.25, 0.3) is 5.91 Å². The average molecular weight is 286 g/mol. The smallest absolute Gasteiger partial charge is 0.326 e. The fourth-order valence-electron chi connectivity index (χ4n) is 1.59. The lowest BCUT2D eigenvalue weighted by Gasteiger charge is -2.14. The van der Waals surface area contributed by atoms with E-state index in [1.54, 1.807) is 0 Å². The zero-order valence-electron chi connectivity index (χ0n) is 10.5. The van der Waals surface area contributed by atoms with Gasteiger partial charge < -0.3 is 15.5 Å². The van der Waals surface area contributed by atoms with Crippen molar-refractivity contribution in [3.05, 3.63) is 28.8 Å². The van der Waals surface area contributed by atoms with Crippen LogP contribution in [0.1, 0.15) is 36.5 Å². The number of aliphatic carboxylic acids is 1. The minimum absolute atomic E-state index is 0.0322. The Bertz CT molecular complexity index is 476. The maximum Gasteiger partial charge on any atom is 0.326 e. The number of amides is 1. The molecule has 0 aliphatic rings. The van der Waals surface area contributed by atoms with Gasteiger partial charge in [-0.2, -0.15) is 0 Å². The normalized spacial score (nSPS) is 11.9. The highest BCUT2D eigenvalue weighted by molar-refractivity contribution is 6.31. The van der Waals surface area contributed by atoms with E-state index in [9.17, 15) is 14.7 Å². The molecule has 1 aromatic carbocycles. The Morgan fingerprint density at radius 1 is 1.42 bits per heavy atom. The Morgan fingerprint density at radius 2 is 2.11 bits per heavy atom. The molecule has 0 saturated carbocycles. The predicted octanol–water partition coefficient (Wildman–Crippen LogP) is 2.42. The molecule has 19 heavy (non-hydrogen) atoms. The van der Waals surface area contributed by atoms with Gasteiger partial charge in [0.15, 0.2) is 0 Å². The van der Waals surface area contributed by atoms with Gasteiger partial charge in [-0.25, -0.2) is 4.79 Å². The maximum absolute atomic E-state index is 11.9. The molecular formula is C13H16ClNO4. The highest BCUT2D eigenvalue weighted by Gasteiger charge is 2.21. The Morgan fingerprint density at radius 3 is 2.68 bits per heavy atom. The molecule has 3 N–H and O–H groups in total. The van der Waals surface area contributed by atoms with Gasteiger partial charge in [-0.05, 0) is 24.6 Å². The largest absolute Gasteiger partial charge is 0.507 e. The topological polar surface area (TPSA) is 86.6 Å². The van der Waals surface area contributed by atoms with Crippen molar-refractivity contribution in [2.75, 3.05) is 0 Å². The number of phenolic OH excluding ortho intramolecular Hbond substituents is 1. The first-order valence-electron chi connectivity index (χ1n) is 5.98. The number of benzene rings is 1. The van der Waals surface area contributed by atoms with Crippen LogP contribution < -0.4 is 5.32 Å². The van der Waals surface area contributed by atoms with Crippen LogP contribution in [0, 0.1) is 0 Å². The summed E-state index contributed by atoms with van der Waals surface area (Å²) in [4.78, 5) is 22.9. The van der Waals surface area contributed by atoms with Crippen LogP contribution in [0.3, 0.4) is 0 Å². The Kier molecular flexibility index (Phi) is 5.63. The van der Waals surface area contributed by atoms with E-state index in [1.807, 2.05) is 6.92 Å². The van der Waals surface area contributed by atoms with Crippen LogP contribution in [0.25, 0.3) is 0 Å². The molecule has 0 saturated heterocycles. The van der Waals surface area contributed by atoms with E-state index in [2.05, 4.69) is 5.32 Å². The molecule has 1 aromatic rings. The fraction of sp³-hybridized carbons (Fsp3) is 0.385. The second kappa shape index (κ2) is 6.99. The molecule has 5 nitrogen and oxygen atoms in total. The lowest BCUT2D eigenvalue weighted by Crippen LogP contribution is -2.40. The van der Waals surface area contributed by atoms with Crippen LogP contribution >= 0.6 is 11.6 Å². The average Bonchev–Trinajstić information content (AvgIpc) is 2.36. The molecule has 1 atom stereocenters. The summed E-state index contributed by atoms with van der Waals surface area (Å²) in [6, 6.07) is 3.06. The van der Waals surface area contributed by atoms with Gasteiger partial charge in [0, 0.05) is 5.02 Å². The Hall–Kier alpha value is -1.75. The van der Waals surface area contributed by atoms with Crippen molar-refractivity contribution in [1.82, 2.24) is 5.32 Å². The summed E-state index contributed by atoms with van der Waals surface area (Å²) in [5.41, 5.74) is -0.0322. The molecule has 1 rings (SSSR count). The lowest BCUT2D eigenvalue weighted by atomic mass is 10.1. The van der Waals surface area contributed by atoms with Gasteiger partial charge in [-0.1, -0.05) is 31.4 Å². The fourth-order valence-corrected chi connectivity index (χ4v) is 1.76. The van der Waals surface area contributed by atoms with Crippen molar-refractivity contribution >= 4 is 23.5 Å². The zero-order valence-corrected chi connectivity index (χ0v) is 11.3. The second-order valence-corrected chi connectivity index (χ2v) is 4.60. The third-order valence-corrected chi connectivity index (χ3v) is 2.89. The van der Waals surface area contributed by atoms with E-state index in [0.29, 0.717) is 17.9 Å². The van der Waals surface area contributed by atoms with Crippen molar-refractivity contribution in [2.24, 2.45) is 0 Å². The molecule has 0 spiro atoms. The second-order valence-electron chi connectivity index (χ2n) is 4.17. The van der Waals surface area contributed by atoms with E-state index in [4.69, 9.17) is 16.7 Å². The molecule has 0 heterocycles. The number of phenols is 1. The third kappa shape index (κ3) is 4.44. The molecule has 6 heteroatoms. The Balaban J connectivity index is 2.81. The third-order valence-electron chi connectivity index (χ3n) is 2.65. The molecule has 104 valence electrons. The summed E-state index contributed by atoms with van der Waals surface area (Å²) in [6.45, 7) is 1.93. The molecule has 0 fully saturated rings. The Labute approximate surface area is 116 Å². The maximum atomic E-state index is 11.9. The summed E-state index contributed by atoms with van der Waals surface area (Å²) in [5.74, 6) is -1.98. The monoisotopic (exact) mass is 285 g/mol. The van der Waals surface area contributed by atoms with E-state index in [-0.39, 0.29) is 11.3 Å². The van der Waals surface area contributed by atoms with Gasteiger partial charge in [0.2, 0.25) is 0 Å². The van der Waals surface area contributed by atoms with E-state index < -0.39 is 17.9 Å². The van der Waals surface area contributed by atoms with E-state index in [1.165, 1.54) is 18.2 Å². The van der Waals surface area contributed by atoms with Gasteiger partial charge >= 0.3 is 5.97 Å². The highest BCUT2D eigenvalue weighted by atomic mass is 35.5. The summed E-state index contributed by atoms with van der Waals surface area (Å²) >= 11 is 5.74. The van der Waals surface area contributed by atoms with Gasteiger partial charge in [-0.15, -0.1) is 0 Å². The number of hydrogen-bond acceptors (Lipinski definition) is 3. The molecular weight excluding hydrogens is 270 g/mol. The summed E-state index contributed by atoms with van der Waals surface area (Å²) < 4.78 is 0. The predicted molar refractivity (Wildman–Crippen MR) is 71.5 cm³/mol. The van der Waals surface area contributed by atoms with Crippen LogP contribution in [0.4, 0.5) is 0 Å². The quantitative estimate of drug-likeness (QED) is 0.749. The number of carboxylic acid groups (broad SMARTS) is 1. The number of halogens is 1. The molecule has 0 aromatic heterocycles. The van der Waals surface area contributed by atoms with Gasteiger partial charge in [-0.3, -0.25) is 4.79 Å². The van der Waals surface area contributed by atoms with Gasteiger partial charge in [0.05, 0.1) is 5.56 Å². The first kappa shape index (κ1) is 15.3. The molecule has 0 unspecified atom stereocenters. The van der Waals surface area contributed by atoms with Crippen LogP contribution in [0.2, 0.25) is 5.02 Å². The SMILES string of the molecule is CCCC[C@H](NC(=O)c1cc(Cl)ccc1O)C(=O)O. The molecule has 0 bridgehead atoms. The number of unbranched alkanes of at least 4 members (excludes halogenated alkanes) is 1. The molecule has 0 aliphatic heterocycles. The van der Waals surface area contributed by atoms with Crippen molar-refractivity contribution in [3.63, 3.8) is 0 Å².